The lowest BCUT2D eigenvalue weighted by molar-refractivity contribution is -0.189. The Morgan fingerprint density at radius 2 is 2.07 bits per heavy atom. The number of alkyl halides is 3. The van der Waals surface area contributed by atoms with Crippen LogP contribution in [-0.4, -0.2) is 90.9 Å². The van der Waals surface area contributed by atoms with Crippen LogP contribution >= 0.6 is 27.5 Å². The Bertz CT molecular complexity index is 1290. The first-order valence-corrected chi connectivity index (χ1v) is 15.2. The molecule has 2 aromatic rings. The molecule has 0 bridgehead atoms. The molecule has 0 radical (unpaired) electrons. The van der Waals surface area contributed by atoms with Gasteiger partial charge in [-0.3, -0.25) is 4.90 Å². The van der Waals surface area contributed by atoms with E-state index < -0.39 is 48.9 Å². The molecule has 1 aromatic carbocycles. The number of hydrogen-bond acceptors (Lipinski definition) is 8. The molecule has 8 nitrogen and oxygen atoms in total. The van der Waals surface area contributed by atoms with E-state index in [9.17, 15) is 13.2 Å². The summed E-state index contributed by atoms with van der Waals surface area (Å²) in [5, 5.41) is 0.00782. The van der Waals surface area contributed by atoms with Crippen LogP contribution in [0, 0.1) is 5.82 Å². The van der Waals surface area contributed by atoms with E-state index in [0.717, 1.165) is 32.2 Å². The molecule has 3 saturated heterocycles. The standard InChI is InChI=1S/C27H32BrClF4N4O4/c1-14(41-18-5-2-3-8-38-18)16-12-39-24-19-23(22(33)20(28)21(24)29)34-26(35-25(19)37(16)11-17(31)32)40-13-27-6-4-7-36(27)10-15(30)9-27/h14-18H,2-13H2,1H3/t14-,15+,16?,18?,27-/m0/s1. The lowest BCUT2D eigenvalue weighted by Crippen LogP contribution is -2.50. The Balaban J connectivity index is 1.40. The van der Waals surface area contributed by atoms with E-state index in [1.54, 1.807) is 6.92 Å². The van der Waals surface area contributed by atoms with E-state index in [2.05, 4.69) is 30.8 Å². The van der Waals surface area contributed by atoms with Crippen molar-refractivity contribution in [3.8, 4) is 11.8 Å². The van der Waals surface area contributed by atoms with Gasteiger partial charge < -0.3 is 23.8 Å². The van der Waals surface area contributed by atoms with Crippen molar-refractivity contribution < 1.29 is 36.5 Å². The molecule has 14 heteroatoms. The highest BCUT2D eigenvalue weighted by molar-refractivity contribution is 9.10. The number of anilines is 1. The van der Waals surface area contributed by atoms with Crippen molar-refractivity contribution in [1.82, 2.24) is 14.9 Å². The Morgan fingerprint density at radius 3 is 2.83 bits per heavy atom. The van der Waals surface area contributed by atoms with Crippen molar-refractivity contribution in [1.29, 1.82) is 0 Å². The quantitative estimate of drug-likeness (QED) is 0.255. The molecule has 0 N–H and O–H groups in total. The highest BCUT2D eigenvalue weighted by Gasteiger charge is 2.49. The second-order valence-corrected chi connectivity index (χ2v) is 12.4. The normalized spacial score (nSPS) is 29.1. The highest BCUT2D eigenvalue weighted by Crippen LogP contribution is 2.47. The average molecular weight is 668 g/mol. The van der Waals surface area contributed by atoms with E-state index in [0.29, 0.717) is 26.0 Å². The van der Waals surface area contributed by atoms with Crippen molar-refractivity contribution in [2.24, 2.45) is 0 Å². The predicted molar refractivity (Wildman–Crippen MR) is 148 cm³/mol. The zero-order chi connectivity index (χ0) is 28.9. The van der Waals surface area contributed by atoms with E-state index in [-0.39, 0.29) is 51.2 Å². The van der Waals surface area contributed by atoms with Gasteiger partial charge in [0.1, 0.15) is 35.7 Å². The van der Waals surface area contributed by atoms with Gasteiger partial charge >= 0.3 is 6.01 Å². The number of hydrogen-bond donors (Lipinski definition) is 0. The lowest BCUT2D eigenvalue weighted by atomic mass is 9.95. The van der Waals surface area contributed by atoms with Crippen LogP contribution in [0.1, 0.15) is 45.4 Å². The second kappa shape index (κ2) is 11.8. The molecule has 5 heterocycles. The third kappa shape index (κ3) is 5.57. The van der Waals surface area contributed by atoms with E-state index in [1.165, 1.54) is 4.90 Å². The van der Waals surface area contributed by atoms with Gasteiger partial charge in [0.05, 0.1) is 34.1 Å². The molecule has 0 aliphatic carbocycles. The third-order valence-corrected chi connectivity index (χ3v) is 9.91. The summed E-state index contributed by atoms with van der Waals surface area (Å²) in [6.45, 7) is 2.69. The number of fused-ring (bicyclic) bond motifs is 1. The molecule has 41 heavy (non-hydrogen) atoms. The van der Waals surface area contributed by atoms with Gasteiger partial charge in [0.15, 0.2) is 17.9 Å². The fraction of sp³-hybridized carbons (Fsp3) is 0.704. The Hall–Kier alpha value is -1.67. The molecule has 6 rings (SSSR count). The number of nitrogens with zero attached hydrogens (tertiary/aromatic N) is 4. The van der Waals surface area contributed by atoms with Gasteiger partial charge in [-0.05, 0) is 61.5 Å². The minimum atomic E-state index is -2.76. The minimum Gasteiger partial charge on any atom is -0.489 e. The maximum absolute atomic E-state index is 15.7. The van der Waals surface area contributed by atoms with Crippen LogP contribution in [-0.2, 0) is 9.47 Å². The third-order valence-electron chi connectivity index (χ3n) is 8.57. The van der Waals surface area contributed by atoms with Gasteiger partial charge in [-0.25, -0.2) is 17.6 Å². The molecule has 0 spiro atoms. The summed E-state index contributed by atoms with van der Waals surface area (Å²) < 4.78 is 82.1. The summed E-state index contributed by atoms with van der Waals surface area (Å²) in [4.78, 5) is 12.3. The van der Waals surface area contributed by atoms with Gasteiger partial charge in [0.2, 0.25) is 0 Å². The van der Waals surface area contributed by atoms with Crippen LogP contribution in [0.5, 0.6) is 11.8 Å². The van der Waals surface area contributed by atoms with Crippen LogP contribution in [0.3, 0.4) is 0 Å². The Kier molecular flexibility index (Phi) is 8.45. The monoisotopic (exact) mass is 666 g/mol. The number of ether oxygens (including phenoxy) is 4. The average Bonchev–Trinajstić information content (AvgIpc) is 3.41. The molecule has 5 atom stereocenters. The number of aromatic nitrogens is 2. The molecule has 3 fully saturated rings. The smallest absolute Gasteiger partial charge is 0.319 e. The largest absolute Gasteiger partial charge is 0.489 e. The number of benzene rings is 1. The molecular weight excluding hydrogens is 636 g/mol. The van der Waals surface area contributed by atoms with Crippen molar-refractivity contribution >= 4 is 44.3 Å². The SMILES string of the molecule is C[C@H](OC1CCCCO1)C1COc2c(Cl)c(Br)c(F)c3nc(OC[C@@]45CCCN4C[C@H](F)C5)nc(c23)N1CC(F)F. The second-order valence-electron chi connectivity index (χ2n) is 11.2. The summed E-state index contributed by atoms with van der Waals surface area (Å²) >= 11 is 9.68. The van der Waals surface area contributed by atoms with Crippen LogP contribution in [0.15, 0.2) is 4.47 Å². The summed E-state index contributed by atoms with van der Waals surface area (Å²) in [5.74, 6) is -0.714. The topological polar surface area (TPSA) is 69.2 Å². The summed E-state index contributed by atoms with van der Waals surface area (Å²) in [6.07, 6.45) is -0.297. The van der Waals surface area contributed by atoms with Gasteiger partial charge in [0.25, 0.3) is 6.43 Å². The van der Waals surface area contributed by atoms with Crippen molar-refractivity contribution in [3.63, 3.8) is 0 Å². The van der Waals surface area contributed by atoms with Gasteiger partial charge in [-0.2, -0.15) is 9.97 Å². The van der Waals surface area contributed by atoms with Gasteiger partial charge in [-0.1, -0.05) is 11.6 Å². The molecule has 2 unspecified atom stereocenters. The van der Waals surface area contributed by atoms with Crippen LogP contribution in [0.4, 0.5) is 23.4 Å². The van der Waals surface area contributed by atoms with E-state index in [1.807, 2.05) is 0 Å². The molecule has 0 amide bonds. The van der Waals surface area contributed by atoms with Crippen LogP contribution in [0.25, 0.3) is 10.9 Å². The summed E-state index contributed by atoms with van der Waals surface area (Å²) in [6, 6.07) is -0.948. The number of halogens is 6. The zero-order valence-corrected chi connectivity index (χ0v) is 24.9. The van der Waals surface area contributed by atoms with Crippen molar-refractivity contribution in [2.45, 2.75) is 82.0 Å². The fourth-order valence-electron chi connectivity index (χ4n) is 6.59. The van der Waals surface area contributed by atoms with Gasteiger partial charge in [0, 0.05) is 19.6 Å². The lowest BCUT2D eigenvalue weighted by Gasteiger charge is -2.36. The first kappa shape index (κ1) is 29.4. The molecule has 226 valence electrons. The Labute approximate surface area is 248 Å². The molecular formula is C27H32BrClF4N4O4. The number of rotatable bonds is 8. The van der Waals surface area contributed by atoms with Crippen LogP contribution < -0.4 is 14.4 Å². The van der Waals surface area contributed by atoms with Crippen molar-refractivity contribution in [2.75, 3.05) is 44.4 Å². The molecule has 0 saturated carbocycles. The first-order chi connectivity index (χ1) is 19.7. The maximum atomic E-state index is 15.7. The zero-order valence-electron chi connectivity index (χ0n) is 22.6. The predicted octanol–water partition coefficient (Wildman–Crippen LogP) is 5.90. The minimum absolute atomic E-state index is 0.00619. The van der Waals surface area contributed by atoms with E-state index >= 15 is 4.39 Å². The Morgan fingerprint density at radius 1 is 1.24 bits per heavy atom. The summed E-state index contributed by atoms with van der Waals surface area (Å²) in [5.41, 5.74) is -0.691. The summed E-state index contributed by atoms with van der Waals surface area (Å²) in [7, 11) is 0. The highest BCUT2D eigenvalue weighted by atomic mass is 79.9. The fourth-order valence-corrected chi connectivity index (χ4v) is 7.19. The van der Waals surface area contributed by atoms with Gasteiger partial charge in [-0.15, -0.1) is 0 Å². The van der Waals surface area contributed by atoms with Crippen LogP contribution in [0.2, 0.25) is 5.02 Å². The van der Waals surface area contributed by atoms with E-state index in [4.69, 9.17) is 30.5 Å². The molecule has 4 aliphatic rings. The first-order valence-electron chi connectivity index (χ1n) is 14.0. The molecule has 1 aromatic heterocycles. The van der Waals surface area contributed by atoms with Crippen molar-refractivity contribution in [3.05, 3.63) is 15.3 Å². The maximum Gasteiger partial charge on any atom is 0.319 e. The molecule has 4 aliphatic heterocycles.